The molecule has 1 aromatic heterocycles. The lowest BCUT2D eigenvalue weighted by molar-refractivity contribution is -0.116. The summed E-state index contributed by atoms with van der Waals surface area (Å²) in [6.45, 7) is 6.11. The Hall–Kier alpha value is -2.94. The lowest BCUT2D eigenvalue weighted by atomic mass is 9.84. The summed E-state index contributed by atoms with van der Waals surface area (Å²) >= 11 is 0. The standard InChI is InChI=1S/C20H23N3O3/c1-20(2,3)23-11-12(10-21)17-14(9-16(24)22-19(17)23)13-7-6-8-15(25-4)18(13)26-5/h6-8,11,14H,9H2,1-5H3,(H,22,24)/t14-/m1/s1. The summed E-state index contributed by atoms with van der Waals surface area (Å²) in [6.07, 6.45) is 2.06. The van der Waals surface area contributed by atoms with Crippen molar-refractivity contribution in [3.63, 3.8) is 0 Å². The van der Waals surface area contributed by atoms with Gasteiger partial charge in [-0.25, -0.2) is 0 Å². The third-order valence-corrected chi connectivity index (χ3v) is 4.69. The quantitative estimate of drug-likeness (QED) is 0.914. The second-order valence-corrected chi connectivity index (χ2v) is 7.35. The Balaban J connectivity index is 2.27. The zero-order valence-electron chi connectivity index (χ0n) is 15.7. The van der Waals surface area contributed by atoms with Crippen molar-refractivity contribution in [2.45, 2.75) is 38.6 Å². The van der Waals surface area contributed by atoms with Gasteiger partial charge in [-0.05, 0) is 26.8 Å². The second-order valence-electron chi connectivity index (χ2n) is 7.35. The van der Waals surface area contributed by atoms with Crippen molar-refractivity contribution in [3.05, 3.63) is 41.1 Å². The number of methoxy groups -OCH3 is 2. The van der Waals surface area contributed by atoms with Crippen molar-refractivity contribution in [1.82, 2.24) is 4.57 Å². The predicted octanol–water partition coefficient (Wildman–Crippen LogP) is 3.61. The molecule has 1 atom stereocenters. The molecule has 0 spiro atoms. The molecule has 3 rings (SSSR count). The average molecular weight is 353 g/mol. The van der Waals surface area contributed by atoms with E-state index in [-0.39, 0.29) is 23.8 Å². The van der Waals surface area contributed by atoms with Crippen LogP contribution in [-0.4, -0.2) is 24.7 Å². The van der Waals surface area contributed by atoms with Crippen LogP contribution in [-0.2, 0) is 10.3 Å². The molecule has 1 N–H and O–H groups in total. The molecule has 0 bridgehead atoms. The Morgan fingerprint density at radius 3 is 2.58 bits per heavy atom. The Labute approximate surface area is 153 Å². The first-order valence-corrected chi connectivity index (χ1v) is 8.48. The fourth-order valence-electron chi connectivity index (χ4n) is 3.54. The molecule has 0 saturated carbocycles. The lowest BCUT2D eigenvalue weighted by Crippen LogP contribution is -2.29. The van der Waals surface area contributed by atoms with Crippen LogP contribution in [0.2, 0.25) is 0 Å². The van der Waals surface area contributed by atoms with E-state index in [0.29, 0.717) is 22.9 Å². The molecule has 26 heavy (non-hydrogen) atoms. The summed E-state index contributed by atoms with van der Waals surface area (Å²) in [5.41, 5.74) is 1.96. The molecular weight excluding hydrogens is 330 g/mol. The number of carbonyl (C=O) groups is 1. The van der Waals surface area contributed by atoms with Crippen LogP contribution >= 0.6 is 0 Å². The van der Waals surface area contributed by atoms with Crippen molar-refractivity contribution in [2.75, 3.05) is 19.5 Å². The van der Waals surface area contributed by atoms with E-state index in [0.717, 1.165) is 11.1 Å². The SMILES string of the molecule is COc1cccc([C@H]2CC(=O)Nc3c2c(C#N)cn3C(C)(C)C)c1OC. The molecule has 0 aliphatic carbocycles. The van der Waals surface area contributed by atoms with Gasteiger partial charge in [0.15, 0.2) is 11.5 Å². The first-order chi connectivity index (χ1) is 12.3. The third kappa shape index (κ3) is 2.80. The number of nitrogens with one attached hydrogen (secondary N) is 1. The van der Waals surface area contributed by atoms with Gasteiger partial charge in [0.25, 0.3) is 0 Å². The van der Waals surface area contributed by atoms with E-state index in [1.165, 1.54) is 0 Å². The van der Waals surface area contributed by atoms with Crippen LogP contribution in [0.25, 0.3) is 0 Å². The Kier molecular flexibility index (Phi) is 4.41. The number of para-hydroxylation sites is 1. The van der Waals surface area contributed by atoms with Gasteiger partial charge in [-0.15, -0.1) is 0 Å². The maximum Gasteiger partial charge on any atom is 0.226 e. The van der Waals surface area contributed by atoms with E-state index < -0.39 is 0 Å². The molecule has 1 aliphatic rings. The number of hydrogen-bond acceptors (Lipinski definition) is 4. The summed E-state index contributed by atoms with van der Waals surface area (Å²) < 4.78 is 12.9. The van der Waals surface area contributed by atoms with Crippen LogP contribution in [0, 0.1) is 11.3 Å². The highest BCUT2D eigenvalue weighted by Gasteiger charge is 2.36. The lowest BCUT2D eigenvalue weighted by Gasteiger charge is -2.30. The van der Waals surface area contributed by atoms with Crippen LogP contribution in [0.5, 0.6) is 11.5 Å². The van der Waals surface area contributed by atoms with E-state index in [4.69, 9.17) is 9.47 Å². The minimum atomic E-state index is -0.276. The van der Waals surface area contributed by atoms with Gasteiger partial charge in [-0.2, -0.15) is 5.26 Å². The first kappa shape index (κ1) is 17.9. The predicted molar refractivity (Wildman–Crippen MR) is 98.8 cm³/mol. The highest BCUT2D eigenvalue weighted by Crippen LogP contribution is 2.46. The highest BCUT2D eigenvalue weighted by atomic mass is 16.5. The van der Waals surface area contributed by atoms with E-state index in [1.54, 1.807) is 14.2 Å². The summed E-state index contributed by atoms with van der Waals surface area (Å²) in [5, 5.41) is 12.7. The number of carbonyl (C=O) groups excluding carboxylic acids is 1. The number of rotatable bonds is 3. The van der Waals surface area contributed by atoms with E-state index in [9.17, 15) is 10.1 Å². The van der Waals surface area contributed by atoms with Crippen molar-refractivity contribution >= 4 is 11.7 Å². The summed E-state index contributed by atoms with van der Waals surface area (Å²) in [7, 11) is 3.16. The molecule has 1 amide bonds. The molecule has 0 fully saturated rings. The van der Waals surface area contributed by atoms with Gasteiger partial charge < -0.3 is 19.4 Å². The monoisotopic (exact) mass is 353 g/mol. The molecule has 6 heteroatoms. The minimum absolute atomic E-state index is 0.0829. The first-order valence-electron chi connectivity index (χ1n) is 8.48. The number of anilines is 1. The number of nitriles is 1. The van der Waals surface area contributed by atoms with Crippen LogP contribution in [0.15, 0.2) is 24.4 Å². The van der Waals surface area contributed by atoms with Crippen LogP contribution in [0.3, 0.4) is 0 Å². The van der Waals surface area contributed by atoms with E-state index in [1.807, 2.05) is 49.7 Å². The number of aromatic nitrogens is 1. The summed E-state index contributed by atoms with van der Waals surface area (Å²) in [5.74, 6) is 1.52. The Morgan fingerprint density at radius 2 is 2.00 bits per heavy atom. The minimum Gasteiger partial charge on any atom is -0.493 e. The molecule has 136 valence electrons. The van der Waals surface area contributed by atoms with Gasteiger partial charge in [-0.3, -0.25) is 4.79 Å². The molecule has 0 radical (unpaired) electrons. The average Bonchev–Trinajstić information content (AvgIpc) is 2.98. The number of ether oxygens (including phenoxy) is 2. The van der Waals surface area contributed by atoms with Crippen LogP contribution in [0.4, 0.5) is 5.82 Å². The van der Waals surface area contributed by atoms with Gasteiger partial charge in [0, 0.05) is 35.2 Å². The van der Waals surface area contributed by atoms with Crippen LogP contribution < -0.4 is 14.8 Å². The number of benzene rings is 1. The molecule has 0 unspecified atom stereocenters. The Morgan fingerprint density at radius 1 is 1.27 bits per heavy atom. The molecule has 1 aliphatic heterocycles. The van der Waals surface area contributed by atoms with Gasteiger partial charge in [0.05, 0.1) is 19.8 Å². The summed E-state index contributed by atoms with van der Waals surface area (Å²) in [6, 6.07) is 7.89. The van der Waals surface area contributed by atoms with E-state index in [2.05, 4.69) is 11.4 Å². The molecular formula is C20H23N3O3. The second kappa shape index (κ2) is 6.41. The van der Waals surface area contributed by atoms with Gasteiger partial charge in [-0.1, -0.05) is 12.1 Å². The molecule has 1 aromatic carbocycles. The van der Waals surface area contributed by atoms with Gasteiger partial charge in [0.2, 0.25) is 5.91 Å². The number of fused-ring (bicyclic) bond motifs is 1. The number of nitrogens with zero attached hydrogens (tertiary/aromatic N) is 2. The summed E-state index contributed by atoms with van der Waals surface area (Å²) in [4.78, 5) is 12.5. The van der Waals surface area contributed by atoms with Crippen molar-refractivity contribution in [1.29, 1.82) is 5.26 Å². The molecule has 2 heterocycles. The zero-order chi connectivity index (χ0) is 19.1. The normalized spacial score (nSPS) is 16.5. The van der Waals surface area contributed by atoms with Crippen LogP contribution in [0.1, 0.15) is 49.8 Å². The zero-order valence-corrected chi connectivity index (χ0v) is 15.7. The smallest absolute Gasteiger partial charge is 0.226 e. The third-order valence-electron chi connectivity index (χ3n) is 4.69. The molecule has 6 nitrogen and oxygen atoms in total. The van der Waals surface area contributed by atoms with E-state index >= 15 is 0 Å². The fraction of sp³-hybridized carbons (Fsp3) is 0.400. The largest absolute Gasteiger partial charge is 0.493 e. The van der Waals surface area contributed by atoms with Gasteiger partial charge in [0.1, 0.15) is 11.9 Å². The highest BCUT2D eigenvalue weighted by molar-refractivity contribution is 5.95. The fourth-order valence-corrected chi connectivity index (χ4v) is 3.54. The number of hydrogen-bond donors (Lipinski definition) is 1. The van der Waals surface area contributed by atoms with Crippen molar-refractivity contribution in [3.8, 4) is 17.6 Å². The maximum atomic E-state index is 12.5. The Bertz CT molecular complexity index is 900. The maximum absolute atomic E-state index is 12.5. The molecule has 0 saturated heterocycles. The molecule has 2 aromatic rings. The van der Waals surface area contributed by atoms with Gasteiger partial charge >= 0.3 is 0 Å². The number of amides is 1. The van der Waals surface area contributed by atoms with Crippen molar-refractivity contribution < 1.29 is 14.3 Å². The van der Waals surface area contributed by atoms with Crippen molar-refractivity contribution in [2.24, 2.45) is 0 Å². The topological polar surface area (TPSA) is 76.3 Å².